The van der Waals surface area contributed by atoms with Crippen molar-refractivity contribution in [2.24, 2.45) is 5.92 Å². The molecule has 0 N–H and O–H groups in total. The number of unbranched alkanes of at least 4 members (excludes halogenated alkanes) is 1. The Bertz CT molecular complexity index is 266. The molecule has 19 heavy (non-hydrogen) atoms. The first-order chi connectivity index (χ1) is 9.15. The van der Waals surface area contributed by atoms with E-state index in [1.54, 1.807) is 0 Å². The lowest BCUT2D eigenvalue weighted by Crippen LogP contribution is -2.25. The maximum Gasteiger partial charge on any atom is 0.308 e. The van der Waals surface area contributed by atoms with Crippen LogP contribution in [0.3, 0.4) is 0 Å². The summed E-state index contributed by atoms with van der Waals surface area (Å²) < 4.78 is 4.63. The van der Waals surface area contributed by atoms with Crippen LogP contribution in [0.25, 0.3) is 0 Å². The zero-order valence-corrected chi connectivity index (χ0v) is 12.9. The molecule has 1 atom stereocenters. The number of hydrogen-bond acceptors (Lipinski definition) is 3. The van der Waals surface area contributed by atoms with Gasteiger partial charge in [0.15, 0.2) is 0 Å². The van der Waals surface area contributed by atoms with Gasteiger partial charge in [0.05, 0.1) is 12.5 Å². The van der Waals surface area contributed by atoms with E-state index in [1.807, 2.05) is 25.7 Å². The maximum absolute atomic E-state index is 11.0. The van der Waals surface area contributed by atoms with Crippen molar-refractivity contribution in [3.05, 3.63) is 0 Å². The molecule has 112 valence electrons. The summed E-state index contributed by atoms with van der Waals surface area (Å²) in [7, 11) is 0. The number of carbonyl (C=O) groups excluding carboxylic acids is 2. The number of likely N-dealkylation sites (tertiary alicyclic amines) is 1. The second kappa shape index (κ2) is 10.8. The van der Waals surface area contributed by atoms with Crippen molar-refractivity contribution in [3.63, 3.8) is 0 Å². The zero-order chi connectivity index (χ0) is 14.7. The van der Waals surface area contributed by atoms with E-state index in [2.05, 4.69) is 11.7 Å². The topological polar surface area (TPSA) is 46.6 Å². The van der Waals surface area contributed by atoms with Gasteiger partial charge in [0.2, 0.25) is 5.91 Å². The first-order valence-electron chi connectivity index (χ1n) is 7.59. The Balaban J connectivity index is 0.000000316. The predicted molar refractivity (Wildman–Crippen MR) is 76.8 cm³/mol. The van der Waals surface area contributed by atoms with Gasteiger partial charge in [0.1, 0.15) is 0 Å². The predicted octanol–water partition coefficient (Wildman–Crippen LogP) is 3.00. The number of amides is 1. The Labute approximate surface area is 117 Å². The highest BCUT2D eigenvalue weighted by Crippen LogP contribution is 2.11. The van der Waals surface area contributed by atoms with Crippen molar-refractivity contribution >= 4 is 11.9 Å². The molecule has 2 heterocycles. The summed E-state index contributed by atoms with van der Waals surface area (Å²) in [6, 6.07) is 0. The monoisotopic (exact) mass is 271 g/mol. The van der Waals surface area contributed by atoms with Gasteiger partial charge in [0.25, 0.3) is 0 Å². The third kappa shape index (κ3) is 7.19. The normalized spacial score (nSPS) is 21.3. The van der Waals surface area contributed by atoms with Gasteiger partial charge in [-0.15, -0.1) is 0 Å². The Hall–Kier alpha value is -1.06. The van der Waals surface area contributed by atoms with E-state index in [-0.39, 0.29) is 11.9 Å². The first kappa shape index (κ1) is 17.9. The van der Waals surface area contributed by atoms with Gasteiger partial charge < -0.3 is 9.64 Å². The molecular formula is C15H29NO3. The minimum atomic E-state index is -0.0417. The molecule has 2 saturated heterocycles. The summed E-state index contributed by atoms with van der Waals surface area (Å²) >= 11 is 0. The van der Waals surface area contributed by atoms with Crippen LogP contribution in [0, 0.1) is 5.92 Å². The van der Waals surface area contributed by atoms with Crippen LogP contribution in [-0.2, 0) is 14.3 Å². The number of nitrogens with zero attached hydrogens (tertiary/aromatic N) is 1. The van der Waals surface area contributed by atoms with Gasteiger partial charge in [-0.25, -0.2) is 0 Å². The van der Waals surface area contributed by atoms with E-state index in [9.17, 15) is 9.59 Å². The quantitative estimate of drug-likeness (QED) is 0.741. The van der Waals surface area contributed by atoms with Crippen LogP contribution in [0.5, 0.6) is 0 Å². The summed E-state index contributed by atoms with van der Waals surface area (Å²) in [6.07, 6.45) is 5.10. The van der Waals surface area contributed by atoms with Crippen LogP contribution < -0.4 is 0 Å². The highest BCUT2D eigenvalue weighted by Gasteiger charge is 2.20. The molecule has 1 amide bonds. The van der Waals surface area contributed by atoms with E-state index in [0.717, 1.165) is 38.8 Å². The van der Waals surface area contributed by atoms with Crippen molar-refractivity contribution in [2.45, 2.75) is 59.8 Å². The molecule has 0 radical (unpaired) electrons. The number of cyclic esters (lactones) is 1. The average Bonchev–Trinajstić information content (AvgIpc) is 3.00. The highest BCUT2D eigenvalue weighted by atomic mass is 16.5. The van der Waals surface area contributed by atoms with Crippen molar-refractivity contribution in [2.75, 3.05) is 19.7 Å². The Morgan fingerprint density at radius 3 is 2.32 bits per heavy atom. The maximum atomic E-state index is 11.0. The highest BCUT2D eigenvalue weighted by molar-refractivity contribution is 5.78. The van der Waals surface area contributed by atoms with Crippen LogP contribution in [0.2, 0.25) is 0 Å². The molecule has 0 spiro atoms. The molecule has 2 rings (SSSR count). The van der Waals surface area contributed by atoms with Crippen LogP contribution >= 0.6 is 0 Å². The van der Waals surface area contributed by atoms with Gasteiger partial charge in [-0.05, 0) is 19.3 Å². The number of rotatable bonds is 3. The third-order valence-electron chi connectivity index (χ3n) is 3.15. The van der Waals surface area contributed by atoms with E-state index >= 15 is 0 Å². The number of carbonyl (C=O) groups is 2. The largest absolute Gasteiger partial charge is 0.465 e. The van der Waals surface area contributed by atoms with E-state index in [4.69, 9.17) is 0 Å². The fraction of sp³-hybridized carbons (Fsp3) is 0.867. The average molecular weight is 271 g/mol. The summed E-state index contributed by atoms with van der Waals surface area (Å²) in [6.45, 7) is 10.6. The lowest BCUT2D eigenvalue weighted by molar-refractivity contribution is -0.140. The minimum absolute atomic E-state index is 0.0417. The standard InChI is InChI=1S/C8H15NO.C5H8O2.C2H6/c1-2-3-6-9-7-4-5-8(9)10;1-4-2-3-7-5(4)6;1-2/h2-7H2,1H3;4H,2-3H2,1H3;1-2H3. The molecule has 2 fully saturated rings. The molecule has 0 aliphatic carbocycles. The lowest BCUT2D eigenvalue weighted by atomic mass is 10.2. The fourth-order valence-electron chi connectivity index (χ4n) is 1.89. The van der Waals surface area contributed by atoms with Crippen LogP contribution in [0.1, 0.15) is 59.8 Å². The molecule has 1 unspecified atom stereocenters. The summed E-state index contributed by atoms with van der Waals surface area (Å²) in [4.78, 5) is 23.3. The molecule has 4 nitrogen and oxygen atoms in total. The second-order valence-corrected chi connectivity index (χ2v) is 4.70. The van der Waals surface area contributed by atoms with Crippen LogP contribution in [0.4, 0.5) is 0 Å². The molecule has 2 aliphatic rings. The number of hydrogen-bond donors (Lipinski definition) is 0. The SMILES string of the molecule is CC.CC1CCOC1=O.CCCCN1CCCC1=O. The van der Waals surface area contributed by atoms with Crippen molar-refractivity contribution in [1.82, 2.24) is 4.90 Å². The molecular weight excluding hydrogens is 242 g/mol. The van der Waals surface area contributed by atoms with E-state index < -0.39 is 0 Å². The molecule has 0 saturated carbocycles. The van der Waals surface area contributed by atoms with E-state index in [0.29, 0.717) is 12.5 Å². The fourth-order valence-corrected chi connectivity index (χ4v) is 1.89. The Morgan fingerprint density at radius 2 is 2.00 bits per heavy atom. The van der Waals surface area contributed by atoms with Crippen LogP contribution in [-0.4, -0.2) is 36.5 Å². The smallest absolute Gasteiger partial charge is 0.308 e. The van der Waals surface area contributed by atoms with Gasteiger partial charge in [-0.1, -0.05) is 34.1 Å². The Morgan fingerprint density at radius 1 is 1.32 bits per heavy atom. The molecule has 4 heteroatoms. The van der Waals surface area contributed by atoms with E-state index in [1.165, 1.54) is 6.42 Å². The summed E-state index contributed by atoms with van der Waals surface area (Å²) in [5.41, 5.74) is 0. The number of ether oxygens (including phenoxy) is 1. The lowest BCUT2D eigenvalue weighted by Gasteiger charge is -2.13. The summed E-state index contributed by atoms with van der Waals surface area (Å²) in [5.74, 6) is 0.466. The molecule has 2 aliphatic heterocycles. The van der Waals surface area contributed by atoms with Crippen molar-refractivity contribution in [3.8, 4) is 0 Å². The summed E-state index contributed by atoms with van der Waals surface area (Å²) in [5, 5.41) is 0. The molecule has 0 aromatic carbocycles. The van der Waals surface area contributed by atoms with Crippen molar-refractivity contribution < 1.29 is 14.3 Å². The second-order valence-electron chi connectivity index (χ2n) is 4.70. The minimum Gasteiger partial charge on any atom is -0.465 e. The Kier molecular flexibility index (Phi) is 10.2. The van der Waals surface area contributed by atoms with Gasteiger partial charge >= 0.3 is 5.97 Å². The first-order valence-corrected chi connectivity index (χ1v) is 7.59. The van der Waals surface area contributed by atoms with Crippen molar-refractivity contribution in [1.29, 1.82) is 0 Å². The zero-order valence-electron chi connectivity index (χ0n) is 12.9. The van der Waals surface area contributed by atoms with Gasteiger partial charge in [0, 0.05) is 19.5 Å². The third-order valence-corrected chi connectivity index (χ3v) is 3.15. The van der Waals surface area contributed by atoms with Gasteiger partial charge in [-0.3, -0.25) is 9.59 Å². The van der Waals surface area contributed by atoms with Crippen LogP contribution in [0.15, 0.2) is 0 Å². The van der Waals surface area contributed by atoms with Gasteiger partial charge in [-0.2, -0.15) is 0 Å². The molecule has 0 aromatic rings. The molecule has 0 aromatic heterocycles. The number of esters is 1. The molecule has 0 bridgehead atoms.